The summed E-state index contributed by atoms with van der Waals surface area (Å²) in [6, 6.07) is 7.26. The number of hydrogen-bond donors (Lipinski definition) is 1. The van der Waals surface area contributed by atoms with Crippen LogP contribution in [0.15, 0.2) is 24.3 Å². The van der Waals surface area contributed by atoms with Gasteiger partial charge in [-0.1, -0.05) is 24.6 Å². The van der Waals surface area contributed by atoms with Crippen LogP contribution in [0.1, 0.15) is 26.2 Å². The minimum Gasteiger partial charge on any atom is -0.493 e. The van der Waals surface area contributed by atoms with E-state index in [4.69, 9.17) is 21.4 Å². The van der Waals surface area contributed by atoms with Crippen LogP contribution in [0.25, 0.3) is 0 Å². The molecule has 0 spiro atoms. The van der Waals surface area contributed by atoms with Gasteiger partial charge in [-0.15, -0.1) is 0 Å². The molecule has 0 saturated carbocycles. The Morgan fingerprint density at radius 1 is 1.53 bits per heavy atom. The molecule has 94 valence electrons. The van der Waals surface area contributed by atoms with Crippen molar-refractivity contribution in [2.24, 2.45) is 5.92 Å². The Morgan fingerprint density at radius 3 is 2.94 bits per heavy atom. The van der Waals surface area contributed by atoms with E-state index in [0.717, 1.165) is 12.2 Å². The maximum Gasteiger partial charge on any atom is 0.303 e. The quantitative estimate of drug-likeness (QED) is 0.811. The normalized spacial score (nSPS) is 12.1. The first-order valence-electron chi connectivity index (χ1n) is 5.68. The predicted octanol–water partition coefficient (Wildman–Crippen LogP) is 3.61. The molecule has 1 N–H and O–H groups in total. The van der Waals surface area contributed by atoms with Crippen molar-refractivity contribution in [3.63, 3.8) is 0 Å². The molecule has 0 aliphatic rings. The molecule has 17 heavy (non-hydrogen) atoms. The molecule has 0 fully saturated rings. The Hall–Kier alpha value is -1.22. The smallest absolute Gasteiger partial charge is 0.303 e. The van der Waals surface area contributed by atoms with E-state index < -0.39 is 5.97 Å². The molecule has 0 radical (unpaired) electrons. The molecule has 0 aliphatic carbocycles. The minimum atomic E-state index is -0.743. The lowest BCUT2D eigenvalue weighted by molar-refractivity contribution is -0.137. The third kappa shape index (κ3) is 6.17. The number of aliphatic carboxylic acids is 1. The van der Waals surface area contributed by atoms with E-state index in [-0.39, 0.29) is 6.42 Å². The summed E-state index contributed by atoms with van der Waals surface area (Å²) >= 11 is 5.83. The highest BCUT2D eigenvalue weighted by atomic mass is 35.5. The third-order valence-electron chi connectivity index (χ3n) is 2.42. The second kappa shape index (κ2) is 7.17. The Balaban J connectivity index is 2.23. The molecule has 4 heteroatoms. The lowest BCUT2D eigenvalue weighted by Gasteiger charge is -2.12. The van der Waals surface area contributed by atoms with Crippen molar-refractivity contribution < 1.29 is 14.6 Å². The number of rotatable bonds is 7. The van der Waals surface area contributed by atoms with E-state index in [9.17, 15) is 4.79 Å². The van der Waals surface area contributed by atoms with Gasteiger partial charge in [0.05, 0.1) is 6.61 Å². The maximum atomic E-state index is 10.4. The molecule has 0 aromatic heterocycles. The number of carboxylic acid groups (broad SMARTS) is 1. The van der Waals surface area contributed by atoms with E-state index in [0.29, 0.717) is 24.0 Å². The van der Waals surface area contributed by atoms with Crippen LogP contribution in [0.2, 0.25) is 5.02 Å². The summed E-state index contributed by atoms with van der Waals surface area (Å²) < 4.78 is 5.57. The van der Waals surface area contributed by atoms with Gasteiger partial charge in [0, 0.05) is 11.4 Å². The van der Waals surface area contributed by atoms with Crippen molar-refractivity contribution in [2.45, 2.75) is 26.2 Å². The van der Waals surface area contributed by atoms with Crippen LogP contribution >= 0.6 is 11.6 Å². The molecule has 0 aliphatic heterocycles. The summed E-state index contributed by atoms with van der Waals surface area (Å²) in [5.74, 6) is 0.351. The van der Waals surface area contributed by atoms with Gasteiger partial charge in [0.25, 0.3) is 0 Å². The Morgan fingerprint density at radius 2 is 2.29 bits per heavy atom. The molecule has 1 unspecified atom stereocenters. The zero-order valence-corrected chi connectivity index (χ0v) is 10.6. The van der Waals surface area contributed by atoms with Gasteiger partial charge in [-0.05, 0) is 37.0 Å². The molecule has 1 aromatic rings. The van der Waals surface area contributed by atoms with Gasteiger partial charge in [-0.3, -0.25) is 4.79 Å². The van der Waals surface area contributed by atoms with E-state index in [1.807, 2.05) is 19.1 Å². The number of halogens is 1. The predicted molar refractivity (Wildman–Crippen MR) is 67.6 cm³/mol. The van der Waals surface area contributed by atoms with Gasteiger partial charge < -0.3 is 9.84 Å². The fourth-order valence-electron chi connectivity index (χ4n) is 1.48. The van der Waals surface area contributed by atoms with Gasteiger partial charge >= 0.3 is 5.97 Å². The van der Waals surface area contributed by atoms with Crippen LogP contribution in [0.4, 0.5) is 0 Å². The van der Waals surface area contributed by atoms with E-state index in [1.54, 1.807) is 12.1 Å². The zero-order valence-electron chi connectivity index (χ0n) is 9.86. The van der Waals surface area contributed by atoms with Gasteiger partial charge in [-0.2, -0.15) is 0 Å². The number of carboxylic acids is 1. The first-order chi connectivity index (χ1) is 8.08. The molecular weight excluding hydrogens is 240 g/mol. The molecule has 1 aromatic carbocycles. The molecular formula is C13H17ClO3. The number of hydrogen-bond acceptors (Lipinski definition) is 2. The van der Waals surface area contributed by atoms with Crippen molar-refractivity contribution in [1.82, 2.24) is 0 Å². The van der Waals surface area contributed by atoms with Crippen LogP contribution in [-0.4, -0.2) is 17.7 Å². The molecule has 0 heterocycles. The summed E-state index contributed by atoms with van der Waals surface area (Å²) in [5, 5.41) is 9.17. The zero-order chi connectivity index (χ0) is 12.7. The standard InChI is InChI=1S/C13H17ClO3/c1-10(4-2-7-13(15)16)9-17-12-6-3-5-11(14)8-12/h3,5-6,8,10H,2,4,7,9H2,1H3,(H,15,16). The van der Waals surface area contributed by atoms with Crippen molar-refractivity contribution in [1.29, 1.82) is 0 Å². The Bertz CT molecular complexity index is 365. The average Bonchev–Trinajstić information content (AvgIpc) is 2.26. The van der Waals surface area contributed by atoms with Crippen molar-refractivity contribution in [2.75, 3.05) is 6.61 Å². The van der Waals surface area contributed by atoms with E-state index >= 15 is 0 Å². The Labute approximate surface area is 106 Å². The monoisotopic (exact) mass is 256 g/mol. The summed E-state index contributed by atoms with van der Waals surface area (Å²) in [6.07, 6.45) is 1.77. The third-order valence-corrected chi connectivity index (χ3v) is 2.65. The summed E-state index contributed by atoms with van der Waals surface area (Å²) in [5.41, 5.74) is 0. The van der Waals surface area contributed by atoms with Gasteiger partial charge in [-0.25, -0.2) is 0 Å². The maximum absolute atomic E-state index is 10.4. The van der Waals surface area contributed by atoms with E-state index in [1.165, 1.54) is 0 Å². The second-order valence-corrected chi connectivity index (χ2v) is 4.60. The average molecular weight is 257 g/mol. The van der Waals surface area contributed by atoms with Crippen LogP contribution in [0, 0.1) is 5.92 Å². The fourth-order valence-corrected chi connectivity index (χ4v) is 1.66. The Kier molecular flexibility index (Phi) is 5.84. The number of benzene rings is 1. The number of ether oxygens (including phenoxy) is 1. The van der Waals surface area contributed by atoms with Crippen molar-refractivity contribution in [3.8, 4) is 5.75 Å². The number of carbonyl (C=O) groups is 1. The highest BCUT2D eigenvalue weighted by molar-refractivity contribution is 6.30. The molecule has 0 bridgehead atoms. The molecule has 0 saturated heterocycles. The fraction of sp³-hybridized carbons (Fsp3) is 0.462. The molecule has 0 amide bonds. The lowest BCUT2D eigenvalue weighted by atomic mass is 10.1. The topological polar surface area (TPSA) is 46.5 Å². The van der Waals surface area contributed by atoms with Gasteiger partial charge in [0.15, 0.2) is 0 Å². The first-order valence-corrected chi connectivity index (χ1v) is 6.06. The lowest BCUT2D eigenvalue weighted by Crippen LogP contribution is -2.09. The molecule has 3 nitrogen and oxygen atoms in total. The minimum absolute atomic E-state index is 0.224. The largest absolute Gasteiger partial charge is 0.493 e. The van der Waals surface area contributed by atoms with Crippen molar-refractivity contribution in [3.05, 3.63) is 29.3 Å². The van der Waals surface area contributed by atoms with Crippen molar-refractivity contribution >= 4 is 17.6 Å². The van der Waals surface area contributed by atoms with Crippen LogP contribution in [-0.2, 0) is 4.79 Å². The van der Waals surface area contributed by atoms with Crippen LogP contribution < -0.4 is 4.74 Å². The SMILES string of the molecule is CC(CCCC(=O)O)COc1cccc(Cl)c1. The van der Waals surface area contributed by atoms with Crippen LogP contribution in [0.5, 0.6) is 5.75 Å². The summed E-state index contributed by atoms with van der Waals surface area (Å²) in [7, 11) is 0. The summed E-state index contributed by atoms with van der Waals surface area (Å²) in [4.78, 5) is 10.4. The van der Waals surface area contributed by atoms with Crippen LogP contribution in [0.3, 0.4) is 0 Å². The van der Waals surface area contributed by atoms with Gasteiger partial charge in [0.2, 0.25) is 0 Å². The molecule has 1 atom stereocenters. The molecule has 1 rings (SSSR count). The van der Waals surface area contributed by atoms with Gasteiger partial charge in [0.1, 0.15) is 5.75 Å². The first kappa shape index (κ1) is 13.8. The summed E-state index contributed by atoms with van der Waals surface area (Å²) in [6.45, 7) is 2.63. The highest BCUT2D eigenvalue weighted by Gasteiger charge is 2.05. The second-order valence-electron chi connectivity index (χ2n) is 4.16. The highest BCUT2D eigenvalue weighted by Crippen LogP contribution is 2.18. The van der Waals surface area contributed by atoms with E-state index in [2.05, 4.69) is 0 Å².